The van der Waals surface area contributed by atoms with Gasteiger partial charge in [0.2, 0.25) is 5.95 Å². The number of aromatic amines is 1. The van der Waals surface area contributed by atoms with Crippen molar-refractivity contribution in [3.05, 3.63) is 39.4 Å². The molecule has 0 aliphatic carbocycles. The van der Waals surface area contributed by atoms with Gasteiger partial charge in [0, 0.05) is 6.20 Å². The fourth-order valence-corrected chi connectivity index (χ4v) is 3.97. The molecule has 37 heavy (non-hydrogen) atoms. The molecule has 0 amide bonds. The number of rotatable bonds is 4. The van der Waals surface area contributed by atoms with E-state index >= 15 is 0 Å². The van der Waals surface area contributed by atoms with Crippen molar-refractivity contribution in [2.45, 2.75) is 49.1 Å². The second kappa shape index (κ2) is 10.5. The van der Waals surface area contributed by atoms with Crippen molar-refractivity contribution in [1.82, 2.24) is 29.1 Å². The number of fused-ring (bicyclic) bond motifs is 1. The molecule has 18 nitrogen and oxygen atoms in total. The molecule has 0 radical (unpaired) electrons. The quantitative estimate of drug-likeness (QED) is 0.153. The van der Waals surface area contributed by atoms with E-state index in [4.69, 9.17) is 31.2 Å². The Morgan fingerprint density at radius 3 is 1.97 bits per heavy atom. The average Bonchev–Trinajstić information content (AvgIpc) is 3.49. The Hall–Kier alpha value is -3.49. The van der Waals surface area contributed by atoms with Gasteiger partial charge in [-0.1, -0.05) is 0 Å². The third kappa shape index (κ3) is 4.91. The molecule has 2 aliphatic rings. The van der Waals surface area contributed by atoms with Gasteiger partial charge in [0.1, 0.15) is 42.4 Å². The molecule has 2 aliphatic heterocycles. The molecule has 0 unspecified atom stereocenters. The molecule has 5 rings (SSSR count). The van der Waals surface area contributed by atoms with Crippen LogP contribution in [0.15, 0.2) is 28.2 Å². The Morgan fingerprint density at radius 1 is 0.892 bits per heavy atom. The van der Waals surface area contributed by atoms with Crippen molar-refractivity contribution in [3.63, 3.8) is 0 Å². The Balaban J connectivity index is 0.000000176. The van der Waals surface area contributed by atoms with Crippen molar-refractivity contribution in [1.29, 1.82) is 0 Å². The minimum absolute atomic E-state index is 0.0388. The van der Waals surface area contributed by atoms with Crippen molar-refractivity contribution in [2.75, 3.05) is 24.7 Å². The zero-order chi connectivity index (χ0) is 27.0. The molecule has 5 heterocycles. The molecule has 0 spiro atoms. The molecule has 202 valence electrons. The predicted octanol–water partition coefficient (Wildman–Crippen LogP) is -5.25. The Bertz CT molecular complexity index is 1360. The van der Waals surface area contributed by atoms with Gasteiger partial charge in [-0.2, -0.15) is 9.97 Å². The lowest BCUT2D eigenvalue weighted by Crippen LogP contribution is -2.36. The van der Waals surface area contributed by atoms with Crippen LogP contribution in [0.4, 0.5) is 11.8 Å². The maximum absolute atomic E-state index is 11.7. The van der Waals surface area contributed by atoms with Gasteiger partial charge in [0.05, 0.1) is 19.5 Å². The van der Waals surface area contributed by atoms with Gasteiger partial charge < -0.3 is 51.6 Å². The fourth-order valence-electron chi connectivity index (χ4n) is 3.97. The van der Waals surface area contributed by atoms with Crippen molar-refractivity contribution < 1.29 is 40.1 Å². The number of H-pyrrole nitrogens is 1. The van der Waals surface area contributed by atoms with Gasteiger partial charge in [0.25, 0.3) is 5.56 Å². The molecule has 0 saturated carbocycles. The lowest BCUT2D eigenvalue weighted by Gasteiger charge is -2.16. The number of ether oxygens (including phenoxy) is 2. The van der Waals surface area contributed by atoms with Crippen LogP contribution < -0.4 is 22.7 Å². The van der Waals surface area contributed by atoms with Gasteiger partial charge in [-0.3, -0.25) is 18.9 Å². The van der Waals surface area contributed by atoms with Crippen LogP contribution in [0.2, 0.25) is 0 Å². The first kappa shape index (κ1) is 26.6. The maximum atomic E-state index is 11.7. The Labute approximate surface area is 206 Å². The molecular weight excluding hydrogens is 500 g/mol. The van der Waals surface area contributed by atoms with E-state index in [9.17, 15) is 30.0 Å². The first-order valence-corrected chi connectivity index (χ1v) is 10.9. The number of aliphatic hydroxyl groups excluding tert-OH is 6. The summed E-state index contributed by atoms with van der Waals surface area (Å²) in [5.41, 5.74) is 9.75. The molecule has 2 fully saturated rings. The van der Waals surface area contributed by atoms with Gasteiger partial charge in [-0.05, 0) is 6.07 Å². The minimum atomic E-state index is -1.31. The number of anilines is 2. The monoisotopic (exact) mass is 526 g/mol. The SMILES string of the molecule is Nc1ccn([C@@H]2O[C@H](CO)[C@@H](O)[C@H]2O)c(=O)n1.Nc1nc2c(ncn2[C@@H]2O[C@H](CO)[C@@H](O)[C@H]2O)c(=O)[nH]1. The fraction of sp³-hybridized carbons (Fsp3) is 0.526. The zero-order valence-electron chi connectivity index (χ0n) is 19.0. The van der Waals surface area contributed by atoms with Crippen molar-refractivity contribution >= 4 is 22.9 Å². The smallest absolute Gasteiger partial charge is 0.351 e. The summed E-state index contributed by atoms with van der Waals surface area (Å²) in [4.78, 5) is 36.8. The number of nitrogens with zero attached hydrogens (tertiary/aromatic N) is 5. The highest BCUT2D eigenvalue weighted by Gasteiger charge is 2.44. The number of nitrogen functional groups attached to an aromatic ring is 2. The van der Waals surface area contributed by atoms with Gasteiger partial charge in [-0.15, -0.1) is 0 Å². The molecule has 8 atom stereocenters. The molecule has 0 aromatic carbocycles. The molecule has 11 N–H and O–H groups in total. The Kier molecular flexibility index (Phi) is 7.52. The van der Waals surface area contributed by atoms with Crippen LogP contribution >= 0.6 is 0 Å². The number of hydrogen-bond acceptors (Lipinski definition) is 15. The second-order valence-corrected chi connectivity index (χ2v) is 8.28. The summed E-state index contributed by atoms with van der Waals surface area (Å²) in [5.74, 6) is -0.0472. The van der Waals surface area contributed by atoms with E-state index in [1.54, 1.807) is 0 Å². The topological polar surface area (TPSA) is 290 Å². The third-order valence-electron chi connectivity index (χ3n) is 5.88. The summed E-state index contributed by atoms with van der Waals surface area (Å²) >= 11 is 0. The molecule has 0 bridgehead atoms. The van der Waals surface area contributed by atoms with E-state index in [1.165, 1.54) is 23.2 Å². The molecule has 3 aromatic heterocycles. The first-order chi connectivity index (χ1) is 17.6. The molecule has 2 saturated heterocycles. The maximum Gasteiger partial charge on any atom is 0.351 e. The number of aromatic nitrogens is 6. The second-order valence-electron chi connectivity index (χ2n) is 8.28. The standard InChI is InChI=1S/C10H13N5O5.C9H13N3O5/c11-10-13-7-4(8(19)14-10)12-2-15(7)9-6(18)5(17)3(1-16)20-9;10-5-1-2-12(9(16)11-5)8-7(15)6(14)4(3-13)17-8/h2-3,5-6,9,16-18H,1H2,(H3,11,13,14,19);1-2,4,6-8,13-15H,3H2,(H2,10,11,16)/t3-,5-,6-,9-;4-,6-,7-,8-/m11/s1. The molecule has 18 heteroatoms. The summed E-state index contributed by atoms with van der Waals surface area (Å²) in [5, 5.41) is 56.9. The number of nitrogens with two attached hydrogens (primary N) is 2. The number of hydrogen-bond donors (Lipinski definition) is 9. The van der Waals surface area contributed by atoms with Crippen LogP contribution in [0.1, 0.15) is 12.5 Å². The largest absolute Gasteiger partial charge is 0.394 e. The number of nitrogens with one attached hydrogen (secondary N) is 1. The minimum Gasteiger partial charge on any atom is -0.394 e. The van der Waals surface area contributed by atoms with Crippen molar-refractivity contribution in [3.8, 4) is 0 Å². The summed E-state index contributed by atoms with van der Waals surface area (Å²) in [6.45, 7) is -0.899. The predicted molar refractivity (Wildman–Crippen MR) is 121 cm³/mol. The highest BCUT2D eigenvalue weighted by Crippen LogP contribution is 2.31. The summed E-state index contributed by atoms with van der Waals surface area (Å²) in [7, 11) is 0. The van der Waals surface area contributed by atoms with Crippen LogP contribution in [0, 0.1) is 0 Å². The van der Waals surface area contributed by atoms with Crippen LogP contribution in [-0.4, -0.2) is 110 Å². The normalized spacial score (nSPS) is 31.4. The average molecular weight is 526 g/mol. The van der Waals surface area contributed by atoms with Gasteiger partial charge in [-0.25, -0.2) is 9.78 Å². The van der Waals surface area contributed by atoms with Crippen LogP contribution in [0.5, 0.6) is 0 Å². The third-order valence-corrected chi connectivity index (χ3v) is 5.88. The van der Waals surface area contributed by atoms with E-state index < -0.39 is 73.5 Å². The van der Waals surface area contributed by atoms with E-state index in [0.29, 0.717) is 0 Å². The lowest BCUT2D eigenvalue weighted by atomic mass is 10.1. The van der Waals surface area contributed by atoms with E-state index in [2.05, 4.69) is 19.9 Å². The highest BCUT2D eigenvalue weighted by atomic mass is 16.6. The van der Waals surface area contributed by atoms with E-state index in [1.807, 2.05) is 0 Å². The van der Waals surface area contributed by atoms with Gasteiger partial charge >= 0.3 is 5.69 Å². The summed E-state index contributed by atoms with van der Waals surface area (Å²) < 4.78 is 12.8. The summed E-state index contributed by atoms with van der Waals surface area (Å²) in [6, 6.07) is 1.37. The Morgan fingerprint density at radius 2 is 1.46 bits per heavy atom. The highest BCUT2D eigenvalue weighted by molar-refractivity contribution is 5.70. The number of imidazole rings is 1. The number of aliphatic hydroxyl groups is 6. The van der Waals surface area contributed by atoms with E-state index in [-0.39, 0.29) is 22.9 Å². The molecular formula is C19H26N8O10. The van der Waals surface area contributed by atoms with Gasteiger partial charge in [0.15, 0.2) is 23.6 Å². The van der Waals surface area contributed by atoms with Crippen molar-refractivity contribution in [2.24, 2.45) is 0 Å². The first-order valence-electron chi connectivity index (χ1n) is 10.9. The lowest BCUT2D eigenvalue weighted by molar-refractivity contribution is -0.0549. The van der Waals surface area contributed by atoms with Crippen LogP contribution in [0.3, 0.4) is 0 Å². The van der Waals surface area contributed by atoms with Crippen LogP contribution in [-0.2, 0) is 9.47 Å². The van der Waals surface area contributed by atoms with E-state index in [0.717, 1.165) is 4.57 Å². The zero-order valence-corrected chi connectivity index (χ0v) is 19.0. The molecule has 3 aromatic rings. The van der Waals surface area contributed by atoms with Crippen LogP contribution in [0.25, 0.3) is 11.2 Å². The summed E-state index contributed by atoms with van der Waals surface area (Å²) in [6.07, 6.45) is -6.48.